The lowest BCUT2D eigenvalue weighted by molar-refractivity contribution is -0.389. The SMILES string of the molecule is NNc1cc(Cn2cc(Cl)c([N+](=O)[O-])n2)ccc1[N+](=O)[O-]. The van der Waals surface area contributed by atoms with Gasteiger partial charge >= 0.3 is 5.82 Å². The number of nitro benzene ring substituents is 1. The van der Waals surface area contributed by atoms with Crippen LogP contribution in [0.25, 0.3) is 0 Å². The van der Waals surface area contributed by atoms with Crippen LogP contribution in [0, 0.1) is 20.2 Å². The van der Waals surface area contributed by atoms with Crippen molar-refractivity contribution in [3.8, 4) is 0 Å². The number of halogens is 1. The summed E-state index contributed by atoms with van der Waals surface area (Å²) in [4.78, 5) is 20.2. The predicted molar refractivity (Wildman–Crippen MR) is 73.9 cm³/mol. The van der Waals surface area contributed by atoms with Gasteiger partial charge in [0.2, 0.25) is 0 Å². The summed E-state index contributed by atoms with van der Waals surface area (Å²) in [5.74, 6) is 4.78. The van der Waals surface area contributed by atoms with Crippen LogP contribution in [0.4, 0.5) is 17.2 Å². The van der Waals surface area contributed by atoms with Crippen LogP contribution in [0.2, 0.25) is 5.02 Å². The Hall–Kier alpha value is -2.72. The number of hydrogen-bond acceptors (Lipinski definition) is 7. The summed E-state index contributed by atoms with van der Waals surface area (Å²) in [6.07, 6.45) is 1.30. The minimum absolute atomic E-state index is 0.0842. The van der Waals surface area contributed by atoms with E-state index >= 15 is 0 Å². The van der Waals surface area contributed by atoms with Crippen molar-refractivity contribution in [1.82, 2.24) is 9.78 Å². The fourth-order valence-electron chi connectivity index (χ4n) is 1.74. The van der Waals surface area contributed by atoms with Crippen LogP contribution in [-0.2, 0) is 6.54 Å². The second kappa shape index (κ2) is 5.73. The van der Waals surface area contributed by atoms with E-state index in [-0.39, 0.29) is 22.9 Å². The third-order valence-corrected chi connectivity index (χ3v) is 2.90. The van der Waals surface area contributed by atoms with Crippen molar-refractivity contribution in [3.05, 3.63) is 55.2 Å². The molecule has 2 rings (SSSR count). The van der Waals surface area contributed by atoms with E-state index in [1.54, 1.807) is 0 Å². The molecule has 0 atom stereocenters. The van der Waals surface area contributed by atoms with Gasteiger partial charge in [0.05, 0.1) is 22.8 Å². The van der Waals surface area contributed by atoms with Crippen molar-refractivity contribution in [2.75, 3.05) is 5.43 Å². The Morgan fingerprint density at radius 3 is 2.57 bits per heavy atom. The average molecular weight is 313 g/mol. The van der Waals surface area contributed by atoms with Crippen molar-refractivity contribution in [2.24, 2.45) is 5.84 Å². The van der Waals surface area contributed by atoms with Crippen LogP contribution in [-0.4, -0.2) is 19.6 Å². The molecule has 0 fully saturated rings. The summed E-state index contributed by atoms with van der Waals surface area (Å²) >= 11 is 5.68. The number of hydrazine groups is 1. The van der Waals surface area contributed by atoms with E-state index in [4.69, 9.17) is 17.4 Å². The van der Waals surface area contributed by atoms with Gasteiger partial charge in [-0.1, -0.05) is 17.7 Å². The molecule has 10 nitrogen and oxygen atoms in total. The van der Waals surface area contributed by atoms with Gasteiger partial charge in [-0.2, -0.15) is 4.68 Å². The average Bonchev–Trinajstić information content (AvgIpc) is 2.79. The van der Waals surface area contributed by atoms with E-state index in [0.717, 1.165) is 0 Å². The standard InChI is InChI=1S/C10H9ClN6O4/c11-7-5-15(14-10(7)17(20)21)4-6-1-2-9(16(18)19)8(3-6)13-12/h1-3,5,13H,4,12H2. The lowest BCUT2D eigenvalue weighted by atomic mass is 10.1. The molecule has 0 bridgehead atoms. The summed E-state index contributed by atoms with van der Waals surface area (Å²) in [7, 11) is 0. The Morgan fingerprint density at radius 2 is 2.05 bits per heavy atom. The number of nitro groups is 2. The van der Waals surface area contributed by atoms with Crippen molar-refractivity contribution >= 4 is 28.8 Å². The van der Waals surface area contributed by atoms with E-state index in [1.165, 1.54) is 29.1 Å². The first-order valence-corrected chi connectivity index (χ1v) is 5.91. The van der Waals surface area contributed by atoms with Crippen LogP contribution in [0.5, 0.6) is 0 Å². The molecule has 0 saturated carbocycles. The molecule has 0 saturated heterocycles. The van der Waals surface area contributed by atoms with Gasteiger partial charge in [0.25, 0.3) is 5.69 Å². The number of nitrogens with two attached hydrogens (primary N) is 1. The summed E-state index contributed by atoms with van der Waals surface area (Å²) in [6.45, 7) is 0.153. The number of nitrogens with one attached hydrogen (secondary N) is 1. The zero-order chi connectivity index (χ0) is 15.6. The monoisotopic (exact) mass is 312 g/mol. The van der Waals surface area contributed by atoms with Crippen molar-refractivity contribution in [1.29, 1.82) is 0 Å². The maximum Gasteiger partial charge on any atom is 0.408 e. The largest absolute Gasteiger partial charge is 0.408 e. The molecule has 0 aliphatic heterocycles. The minimum atomic E-state index is -0.693. The minimum Gasteiger partial charge on any atom is -0.358 e. The molecule has 0 aliphatic carbocycles. The van der Waals surface area contributed by atoms with Gasteiger partial charge in [0.1, 0.15) is 5.69 Å². The number of anilines is 1. The van der Waals surface area contributed by atoms with Gasteiger partial charge in [0, 0.05) is 6.07 Å². The molecule has 0 spiro atoms. The third-order valence-electron chi connectivity index (χ3n) is 2.63. The van der Waals surface area contributed by atoms with Gasteiger partial charge in [-0.25, -0.2) is 0 Å². The molecular weight excluding hydrogens is 304 g/mol. The number of nitrogen functional groups attached to an aromatic ring is 1. The summed E-state index contributed by atoms with van der Waals surface area (Å²) in [5, 5.41) is 25.1. The highest BCUT2D eigenvalue weighted by atomic mass is 35.5. The Bertz CT molecular complexity index is 716. The number of hydrogen-bond donors (Lipinski definition) is 2. The molecule has 11 heteroatoms. The first-order valence-electron chi connectivity index (χ1n) is 5.53. The quantitative estimate of drug-likeness (QED) is 0.485. The Balaban J connectivity index is 2.30. The molecule has 21 heavy (non-hydrogen) atoms. The second-order valence-electron chi connectivity index (χ2n) is 4.01. The highest BCUT2D eigenvalue weighted by molar-refractivity contribution is 6.32. The maximum absolute atomic E-state index is 10.8. The van der Waals surface area contributed by atoms with Crippen LogP contribution < -0.4 is 11.3 Å². The molecule has 0 unspecified atom stereocenters. The number of rotatable bonds is 5. The molecular formula is C10H9ClN6O4. The predicted octanol–water partition coefficient (Wildman–Crippen LogP) is 1.69. The molecule has 110 valence electrons. The number of nitrogens with zero attached hydrogens (tertiary/aromatic N) is 4. The molecule has 0 amide bonds. The summed E-state index contributed by atoms with van der Waals surface area (Å²) < 4.78 is 1.27. The van der Waals surface area contributed by atoms with Gasteiger partial charge < -0.3 is 15.5 Å². The molecule has 2 aromatic rings. The molecule has 0 radical (unpaired) electrons. The van der Waals surface area contributed by atoms with E-state index < -0.39 is 15.7 Å². The Morgan fingerprint density at radius 1 is 1.33 bits per heavy atom. The molecule has 0 aliphatic rings. The molecule has 1 aromatic heterocycles. The number of aromatic nitrogens is 2. The van der Waals surface area contributed by atoms with Gasteiger partial charge in [0.15, 0.2) is 5.02 Å². The Labute approximate surface area is 122 Å². The maximum atomic E-state index is 10.8. The van der Waals surface area contributed by atoms with Crippen molar-refractivity contribution in [3.63, 3.8) is 0 Å². The third kappa shape index (κ3) is 3.07. The second-order valence-corrected chi connectivity index (χ2v) is 4.42. The molecule has 1 heterocycles. The van der Waals surface area contributed by atoms with E-state index in [0.29, 0.717) is 5.56 Å². The lowest BCUT2D eigenvalue weighted by Gasteiger charge is -2.04. The van der Waals surface area contributed by atoms with Crippen molar-refractivity contribution < 1.29 is 9.85 Å². The van der Waals surface area contributed by atoms with E-state index in [9.17, 15) is 20.2 Å². The lowest BCUT2D eigenvalue weighted by Crippen LogP contribution is -2.10. The zero-order valence-corrected chi connectivity index (χ0v) is 11.1. The topological polar surface area (TPSA) is 142 Å². The van der Waals surface area contributed by atoms with Gasteiger partial charge in [-0.05, 0) is 16.6 Å². The normalized spacial score (nSPS) is 10.4. The fraction of sp³-hybridized carbons (Fsp3) is 0.100. The highest BCUT2D eigenvalue weighted by Crippen LogP contribution is 2.26. The van der Waals surface area contributed by atoms with Gasteiger partial charge in [-0.15, -0.1) is 0 Å². The fourth-order valence-corrected chi connectivity index (χ4v) is 1.95. The first-order chi connectivity index (χ1) is 9.92. The van der Waals surface area contributed by atoms with Crippen molar-refractivity contribution in [2.45, 2.75) is 6.54 Å². The summed E-state index contributed by atoms with van der Waals surface area (Å²) in [5.41, 5.74) is 2.80. The zero-order valence-electron chi connectivity index (χ0n) is 10.4. The first kappa shape index (κ1) is 14.7. The summed E-state index contributed by atoms with van der Waals surface area (Å²) in [6, 6.07) is 4.24. The van der Waals surface area contributed by atoms with E-state index in [1.807, 2.05) is 0 Å². The molecule has 3 N–H and O–H groups in total. The van der Waals surface area contributed by atoms with Gasteiger partial charge in [-0.3, -0.25) is 16.0 Å². The van der Waals surface area contributed by atoms with E-state index in [2.05, 4.69) is 10.5 Å². The number of benzene rings is 1. The van der Waals surface area contributed by atoms with Crippen LogP contribution in [0.3, 0.4) is 0 Å². The molecule has 1 aromatic carbocycles. The smallest absolute Gasteiger partial charge is 0.358 e. The highest BCUT2D eigenvalue weighted by Gasteiger charge is 2.20. The van der Waals surface area contributed by atoms with Crippen LogP contribution in [0.15, 0.2) is 24.4 Å². The van der Waals surface area contributed by atoms with Crippen LogP contribution >= 0.6 is 11.6 Å². The van der Waals surface area contributed by atoms with Crippen LogP contribution in [0.1, 0.15) is 5.56 Å². The Kier molecular flexibility index (Phi) is 4.00.